The van der Waals surface area contributed by atoms with Gasteiger partial charge in [-0.1, -0.05) is 6.07 Å². The molecule has 8 heteroatoms. The van der Waals surface area contributed by atoms with E-state index in [1.54, 1.807) is 24.5 Å². The first-order valence-electron chi connectivity index (χ1n) is 7.19. The Morgan fingerprint density at radius 2 is 2.21 bits per heavy atom. The largest absolute Gasteiger partial charge is 0.494 e. The van der Waals surface area contributed by atoms with Gasteiger partial charge in [0.15, 0.2) is 17.5 Å². The average Bonchev–Trinajstić information content (AvgIpc) is 2.93. The minimum absolute atomic E-state index is 0. The van der Waals surface area contributed by atoms with Crippen LogP contribution < -0.4 is 10.1 Å². The maximum absolute atomic E-state index is 13.8. The molecule has 0 unspecified atom stereocenters. The van der Waals surface area contributed by atoms with Crippen LogP contribution in [0.25, 0.3) is 0 Å². The van der Waals surface area contributed by atoms with Gasteiger partial charge in [-0.2, -0.15) is 0 Å². The molecule has 1 N–H and O–H groups in total. The summed E-state index contributed by atoms with van der Waals surface area (Å²) in [4.78, 5) is 11.7. The molecule has 0 aliphatic heterocycles. The number of hydrogen-bond donors (Lipinski definition) is 1. The molecular formula is C16H22FIN4OS. The summed E-state index contributed by atoms with van der Waals surface area (Å²) in [5.41, 5.74) is 0.846. The van der Waals surface area contributed by atoms with E-state index in [2.05, 4.69) is 15.3 Å². The van der Waals surface area contributed by atoms with E-state index in [0.29, 0.717) is 13.1 Å². The number of thiazole rings is 1. The second-order valence-corrected chi connectivity index (χ2v) is 6.41. The number of nitrogens with zero attached hydrogens (tertiary/aromatic N) is 3. The van der Waals surface area contributed by atoms with Gasteiger partial charge < -0.3 is 15.0 Å². The van der Waals surface area contributed by atoms with Crippen molar-refractivity contribution in [2.75, 3.05) is 21.2 Å². The fraction of sp³-hybridized carbons (Fsp3) is 0.375. The molecule has 0 bridgehead atoms. The summed E-state index contributed by atoms with van der Waals surface area (Å²) in [7, 11) is 5.08. The number of halogens is 2. The zero-order valence-corrected chi connectivity index (χ0v) is 17.3. The van der Waals surface area contributed by atoms with Crippen LogP contribution in [0.4, 0.5) is 4.39 Å². The van der Waals surface area contributed by atoms with Crippen LogP contribution in [0.2, 0.25) is 0 Å². The van der Waals surface area contributed by atoms with Crippen molar-refractivity contribution in [1.29, 1.82) is 0 Å². The fourth-order valence-corrected chi connectivity index (χ4v) is 2.91. The number of aromatic nitrogens is 1. The van der Waals surface area contributed by atoms with Crippen LogP contribution in [-0.2, 0) is 13.1 Å². The van der Waals surface area contributed by atoms with Crippen molar-refractivity contribution in [3.05, 3.63) is 45.7 Å². The normalized spacial score (nSPS) is 11.0. The molecule has 1 aromatic carbocycles. The van der Waals surface area contributed by atoms with Crippen molar-refractivity contribution in [2.45, 2.75) is 20.0 Å². The lowest BCUT2D eigenvalue weighted by Crippen LogP contribution is -2.38. The van der Waals surface area contributed by atoms with E-state index in [9.17, 15) is 4.39 Å². The third-order valence-electron chi connectivity index (χ3n) is 3.28. The number of methoxy groups -OCH3 is 1. The lowest BCUT2D eigenvalue weighted by atomic mass is 10.2. The molecule has 2 rings (SSSR count). The van der Waals surface area contributed by atoms with E-state index in [1.807, 2.05) is 31.1 Å². The number of ether oxygens (including phenoxy) is 1. The van der Waals surface area contributed by atoms with Crippen molar-refractivity contribution in [3.63, 3.8) is 0 Å². The first kappa shape index (κ1) is 20.6. The van der Waals surface area contributed by atoms with Gasteiger partial charge in [0, 0.05) is 31.7 Å². The Bertz CT molecular complexity index is 692. The van der Waals surface area contributed by atoms with Gasteiger partial charge in [0.25, 0.3) is 0 Å². The van der Waals surface area contributed by atoms with Gasteiger partial charge in [-0.25, -0.2) is 9.37 Å². The number of guanidine groups is 1. The Morgan fingerprint density at radius 1 is 1.46 bits per heavy atom. The van der Waals surface area contributed by atoms with Crippen molar-refractivity contribution < 1.29 is 9.13 Å². The van der Waals surface area contributed by atoms with Crippen molar-refractivity contribution >= 4 is 41.3 Å². The number of hydrogen-bond acceptors (Lipinski definition) is 4. The van der Waals surface area contributed by atoms with Gasteiger partial charge in [-0.3, -0.25) is 4.99 Å². The second-order valence-electron chi connectivity index (χ2n) is 5.09. The zero-order chi connectivity index (χ0) is 16.8. The number of rotatable bonds is 5. The molecule has 0 aliphatic rings. The quantitative estimate of drug-likeness (QED) is 0.419. The molecule has 0 atom stereocenters. The smallest absolute Gasteiger partial charge is 0.194 e. The average molecular weight is 464 g/mol. The first-order valence-corrected chi connectivity index (χ1v) is 8.00. The molecule has 0 saturated heterocycles. The molecule has 0 saturated carbocycles. The summed E-state index contributed by atoms with van der Waals surface area (Å²) in [5.74, 6) is 0.617. The summed E-state index contributed by atoms with van der Waals surface area (Å²) in [6, 6.07) is 4.95. The summed E-state index contributed by atoms with van der Waals surface area (Å²) in [6.07, 6.45) is 1.86. The highest BCUT2D eigenvalue weighted by Crippen LogP contribution is 2.18. The lowest BCUT2D eigenvalue weighted by molar-refractivity contribution is 0.385. The molecule has 2 aromatic rings. The highest BCUT2D eigenvalue weighted by molar-refractivity contribution is 14.0. The zero-order valence-electron chi connectivity index (χ0n) is 14.2. The molecule has 0 amide bonds. The number of nitrogens with one attached hydrogen (secondary N) is 1. The second kappa shape index (κ2) is 9.77. The molecule has 5 nitrogen and oxygen atoms in total. The Kier molecular flexibility index (Phi) is 8.40. The number of aliphatic imine (C=N–C) groups is 1. The highest BCUT2D eigenvalue weighted by atomic mass is 127. The summed E-state index contributed by atoms with van der Waals surface area (Å²) in [6.45, 7) is 3.18. The molecule has 0 spiro atoms. The molecule has 24 heavy (non-hydrogen) atoms. The molecule has 1 aromatic heterocycles. The summed E-state index contributed by atoms with van der Waals surface area (Å²) >= 11 is 1.65. The first-order chi connectivity index (χ1) is 11.0. The van der Waals surface area contributed by atoms with Crippen LogP contribution >= 0.6 is 35.3 Å². The standard InChI is InChI=1S/C16H21FN4OS.HI/c1-11-8-19-15(23-11)9-20-16(18-2)21(3)10-12-5-6-14(22-4)13(17)7-12;/h5-8H,9-10H2,1-4H3,(H,18,20);1H. The molecule has 132 valence electrons. The van der Waals surface area contributed by atoms with E-state index in [0.717, 1.165) is 16.5 Å². The molecular weight excluding hydrogens is 442 g/mol. The van der Waals surface area contributed by atoms with Crippen LogP contribution in [-0.4, -0.2) is 37.0 Å². The predicted molar refractivity (Wildman–Crippen MR) is 107 cm³/mol. The lowest BCUT2D eigenvalue weighted by Gasteiger charge is -2.22. The van der Waals surface area contributed by atoms with Crippen LogP contribution in [0.15, 0.2) is 29.4 Å². The third kappa shape index (κ3) is 5.59. The van der Waals surface area contributed by atoms with Gasteiger partial charge in [0.1, 0.15) is 5.01 Å². The summed E-state index contributed by atoms with van der Waals surface area (Å²) < 4.78 is 18.7. The molecule has 0 radical (unpaired) electrons. The van der Waals surface area contributed by atoms with Gasteiger partial charge >= 0.3 is 0 Å². The maximum Gasteiger partial charge on any atom is 0.194 e. The fourth-order valence-electron chi connectivity index (χ4n) is 2.18. The Hall–Kier alpha value is -1.42. The van der Waals surface area contributed by atoms with Gasteiger partial charge in [-0.05, 0) is 24.6 Å². The Morgan fingerprint density at radius 3 is 2.75 bits per heavy atom. The minimum Gasteiger partial charge on any atom is -0.494 e. The van der Waals surface area contributed by atoms with Crippen molar-refractivity contribution in [1.82, 2.24) is 15.2 Å². The van der Waals surface area contributed by atoms with Crippen LogP contribution in [0.3, 0.4) is 0 Å². The summed E-state index contributed by atoms with van der Waals surface area (Å²) in [5, 5.41) is 4.27. The molecule has 0 aliphatic carbocycles. The number of benzene rings is 1. The van der Waals surface area contributed by atoms with Gasteiger partial charge in [0.05, 0.1) is 13.7 Å². The highest BCUT2D eigenvalue weighted by Gasteiger charge is 2.10. The van der Waals surface area contributed by atoms with Crippen molar-refractivity contribution in [2.24, 2.45) is 4.99 Å². The number of aryl methyl sites for hydroxylation is 1. The SMILES string of the molecule is CN=C(NCc1ncc(C)s1)N(C)Cc1ccc(OC)c(F)c1.I. The van der Waals surface area contributed by atoms with E-state index < -0.39 is 0 Å². The topological polar surface area (TPSA) is 49.8 Å². The van der Waals surface area contributed by atoms with Crippen LogP contribution in [0.5, 0.6) is 5.75 Å². The minimum atomic E-state index is -0.361. The Labute approximate surface area is 163 Å². The van der Waals surface area contributed by atoms with E-state index in [4.69, 9.17) is 4.74 Å². The van der Waals surface area contributed by atoms with Crippen LogP contribution in [0.1, 0.15) is 15.4 Å². The van der Waals surface area contributed by atoms with Crippen molar-refractivity contribution in [3.8, 4) is 5.75 Å². The maximum atomic E-state index is 13.8. The van der Waals surface area contributed by atoms with E-state index >= 15 is 0 Å². The predicted octanol–water partition coefficient (Wildman–Crippen LogP) is 3.42. The van der Waals surface area contributed by atoms with E-state index in [1.165, 1.54) is 18.1 Å². The van der Waals surface area contributed by atoms with Gasteiger partial charge in [-0.15, -0.1) is 35.3 Å². The third-order valence-corrected chi connectivity index (χ3v) is 4.19. The van der Waals surface area contributed by atoms with E-state index in [-0.39, 0.29) is 35.5 Å². The molecule has 1 heterocycles. The molecule has 0 fully saturated rings. The van der Waals surface area contributed by atoms with Gasteiger partial charge in [0.2, 0.25) is 0 Å². The monoisotopic (exact) mass is 464 g/mol. The Balaban J connectivity index is 0.00000288. The van der Waals surface area contributed by atoms with Crippen LogP contribution in [0, 0.1) is 12.7 Å².